The van der Waals surface area contributed by atoms with Gasteiger partial charge in [0.1, 0.15) is 5.82 Å². The summed E-state index contributed by atoms with van der Waals surface area (Å²) in [7, 11) is 0. The zero-order valence-electron chi connectivity index (χ0n) is 10.3. The van der Waals surface area contributed by atoms with Gasteiger partial charge in [-0.25, -0.2) is 4.39 Å². The van der Waals surface area contributed by atoms with E-state index in [1.807, 2.05) is 13.0 Å². The Bertz CT molecular complexity index is 380. The fourth-order valence-corrected chi connectivity index (χ4v) is 1.39. The third kappa shape index (κ3) is 4.95. The van der Waals surface area contributed by atoms with E-state index >= 15 is 0 Å². The third-order valence-corrected chi connectivity index (χ3v) is 2.44. The first kappa shape index (κ1) is 13.6. The fraction of sp³-hybridized carbons (Fsp3) is 0.462. The SMILES string of the molecule is CCCNCC(=O)NCc1ccc(C)c(F)c1. The molecule has 0 aromatic heterocycles. The molecular formula is C13H19FN2O. The van der Waals surface area contributed by atoms with Crippen LogP contribution in [0, 0.1) is 12.7 Å². The molecule has 1 rings (SSSR count). The molecule has 2 N–H and O–H groups in total. The van der Waals surface area contributed by atoms with Gasteiger partial charge in [0, 0.05) is 6.54 Å². The molecule has 3 nitrogen and oxygen atoms in total. The van der Waals surface area contributed by atoms with E-state index in [1.165, 1.54) is 6.07 Å². The predicted octanol–water partition coefficient (Wildman–Crippen LogP) is 1.75. The van der Waals surface area contributed by atoms with Crippen LogP contribution in [0.15, 0.2) is 18.2 Å². The summed E-state index contributed by atoms with van der Waals surface area (Å²) in [6, 6.07) is 4.99. The van der Waals surface area contributed by atoms with Gasteiger partial charge in [0.05, 0.1) is 6.54 Å². The maximum atomic E-state index is 13.2. The zero-order chi connectivity index (χ0) is 12.7. The maximum absolute atomic E-state index is 13.2. The van der Waals surface area contributed by atoms with Crippen molar-refractivity contribution in [3.05, 3.63) is 35.1 Å². The molecule has 0 fully saturated rings. The highest BCUT2D eigenvalue weighted by atomic mass is 19.1. The number of amides is 1. The van der Waals surface area contributed by atoms with Crippen molar-refractivity contribution in [1.29, 1.82) is 0 Å². The zero-order valence-corrected chi connectivity index (χ0v) is 10.3. The van der Waals surface area contributed by atoms with Crippen molar-refractivity contribution in [2.75, 3.05) is 13.1 Å². The van der Waals surface area contributed by atoms with E-state index in [0.717, 1.165) is 18.5 Å². The largest absolute Gasteiger partial charge is 0.351 e. The number of carbonyl (C=O) groups excluding carboxylic acids is 1. The summed E-state index contributed by atoms with van der Waals surface area (Å²) in [5.74, 6) is -0.305. The van der Waals surface area contributed by atoms with E-state index in [9.17, 15) is 9.18 Å². The van der Waals surface area contributed by atoms with Crippen LogP contribution in [0.3, 0.4) is 0 Å². The van der Waals surface area contributed by atoms with Gasteiger partial charge >= 0.3 is 0 Å². The molecule has 0 saturated heterocycles. The van der Waals surface area contributed by atoms with Crippen molar-refractivity contribution < 1.29 is 9.18 Å². The second-order valence-electron chi connectivity index (χ2n) is 4.04. The Balaban J connectivity index is 2.34. The Hall–Kier alpha value is -1.42. The minimum Gasteiger partial charge on any atom is -0.351 e. The molecule has 0 bridgehead atoms. The second kappa shape index (κ2) is 7.01. The molecule has 0 radical (unpaired) electrons. The van der Waals surface area contributed by atoms with E-state index in [-0.39, 0.29) is 11.7 Å². The lowest BCUT2D eigenvalue weighted by Gasteiger charge is -2.07. The predicted molar refractivity (Wildman–Crippen MR) is 66.1 cm³/mol. The minimum absolute atomic E-state index is 0.0700. The number of benzene rings is 1. The highest BCUT2D eigenvalue weighted by Gasteiger charge is 2.02. The Morgan fingerprint density at radius 3 is 2.82 bits per heavy atom. The molecule has 0 atom stereocenters. The van der Waals surface area contributed by atoms with Crippen molar-refractivity contribution in [1.82, 2.24) is 10.6 Å². The lowest BCUT2D eigenvalue weighted by atomic mass is 10.1. The Morgan fingerprint density at radius 1 is 1.41 bits per heavy atom. The van der Waals surface area contributed by atoms with Gasteiger partial charge in [-0.1, -0.05) is 19.1 Å². The fourth-order valence-electron chi connectivity index (χ4n) is 1.39. The molecule has 0 aliphatic rings. The molecule has 0 heterocycles. The van der Waals surface area contributed by atoms with Crippen LogP contribution in [0.1, 0.15) is 24.5 Å². The Labute approximate surface area is 101 Å². The first-order valence-corrected chi connectivity index (χ1v) is 5.86. The van der Waals surface area contributed by atoms with Crippen molar-refractivity contribution in [2.24, 2.45) is 0 Å². The van der Waals surface area contributed by atoms with Crippen molar-refractivity contribution in [3.8, 4) is 0 Å². The van der Waals surface area contributed by atoms with E-state index in [0.29, 0.717) is 18.7 Å². The quantitative estimate of drug-likeness (QED) is 0.741. The van der Waals surface area contributed by atoms with Crippen LogP contribution in [-0.2, 0) is 11.3 Å². The van der Waals surface area contributed by atoms with Crippen molar-refractivity contribution in [3.63, 3.8) is 0 Å². The lowest BCUT2D eigenvalue weighted by Crippen LogP contribution is -2.33. The van der Waals surface area contributed by atoms with Crippen LogP contribution in [-0.4, -0.2) is 19.0 Å². The smallest absolute Gasteiger partial charge is 0.234 e. The van der Waals surface area contributed by atoms with Crippen LogP contribution in [0.4, 0.5) is 4.39 Å². The molecule has 94 valence electrons. The highest BCUT2D eigenvalue weighted by molar-refractivity contribution is 5.77. The number of carbonyl (C=O) groups is 1. The average Bonchev–Trinajstić information content (AvgIpc) is 2.31. The molecule has 0 aliphatic carbocycles. The van der Waals surface area contributed by atoms with Crippen LogP contribution in [0.2, 0.25) is 0 Å². The number of rotatable bonds is 6. The number of aryl methyl sites for hydroxylation is 1. The van der Waals surface area contributed by atoms with Gasteiger partial charge in [-0.2, -0.15) is 0 Å². The van der Waals surface area contributed by atoms with E-state index < -0.39 is 0 Å². The molecule has 0 saturated carbocycles. The van der Waals surface area contributed by atoms with Gasteiger partial charge < -0.3 is 10.6 Å². The van der Waals surface area contributed by atoms with Gasteiger partial charge in [-0.05, 0) is 37.1 Å². The van der Waals surface area contributed by atoms with Crippen molar-refractivity contribution >= 4 is 5.91 Å². The molecule has 0 spiro atoms. The van der Waals surface area contributed by atoms with Gasteiger partial charge in [-0.3, -0.25) is 4.79 Å². The van der Waals surface area contributed by atoms with Gasteiger partial charge in [0.2, 0.25) is 5.91 Å². The number of hydrogen-bond acceptors (Lipinski definition) is 2. The van der Waals surface area contributed by atoms with E-state index in [2.05, 4.69) is 10.6 Å². The first-order valence-electron chi connectivity index (χ1n) is 5.86. The topological polar surface area (TPSA) is 41.1 Å². The summed E-state index contributed by atoms with van der Waals surface area (Å²) in [5, 5.41) is 5.74. The molecule has 1 aromatic carbocycles. The normalized spacial score (nSPS) is 10.3. The van der Waals surface area contributed by atoms with Crippen LogP contribution < -0.4 is 10.6 Å². The molecule has 17 heavy (non-hydrogen) atoms. The maximum Gasteiger partial charge on any atom is 0.234 e. The summed E-state index contributed by atoms with van der Waals surface area (Å²) in [5.41, 5.74) is 1.39. The lowest BCUT2D eigenvalue weighted by molar-refractivity contribution is -0.120. The number of halogens is 1. The Morgan fingerprint density at radius 2 is 2.18 bits per heavy atom. The summed E-state index contributed by atoms with van der Waals surface area (Å²) in [4.78, 5) is 11.4. The second-order valence-corrected chi connectivity index (χ2v) is 4.04. The monoisotopic (exact) mass is 238 g/mol. The molecule has 4 heteroatoms. The number of hydrogen-bond donors (Lipinski definition) is 2. The van der Waals surface area contributed by atoms with Crippen LogP contribution in [0.25, 0.3) is 0 Å². The van der Waals surface area contributed by atoms with Gasteiger partial charge in [0.15, 0.2) is 0 Å². The molecular weight excluding hydrogens is 219 g/mol. The molecule has 1 aromatic rings. The highest BCUT2D eigenvalue weighted by Crippen LogP contribution is 2.08. The van der Waals surface area contributed by atoms with Crippen molar-refractivity contribution in [2.45, 2.75) is 26.8 Å². The molecule has 0 unspecified atom stereocenters. The van der Waals surface area contributed by atoms with Gasteiger partial charge in [0.25, 0.3) is 0 Å². The standard InChI is InChI=1S/C13H19FN2O/c1-3-6-15-9-13(17)16-8-11-5-4-10(2)12(14)7-11/h4-5,7,15H,3,6,8-9H2,1-2H3,(H,16,17). The third-order valence-electron chi connectivity index (χ3n) is 2.44. The number of nitrogens with one attached hydrogen (secondary N) is 2. The van der Waals surface area contributed by atoms with E-state index in [4.69, 9.17) is 0 Å². The van der Waals surface area contributed by atoms with Crippen LogP contribution in [0.5, 0.6) is 0 Å². The summed E-state index contributed by atoms with van der Waals surface area (Å²) in [6.45, 7) is 5.25. The summed E-state index contributed by atoms with van der Waals surface area (Å²) in [6.07, 6.45) is 0.996. The average molecular weight is 238 g/mol. The summed E-state index contributed by atoms with van der Waals surface area (Å²) < 4.78 is 13.2. The first-order chi connectivity index (χ1) is 8.13. The minimum atomic E-state index is -0.235. The molecule has 0 aliphatic heterocycles. The van der Waals surface area contributed by atoms with Gasteiger partial charge in [-0.15, -0.1) is 0 Å². The molecule has 1 amide bonds. The Kier molecular flexibility index (Phi) is 5.63. The summed E-state index contributed by atoms with van der Waals surface area (Å²) >= 11 is 0. The van der Waals surface area contributed by atoms with Crippen LogP contribution >= 0.6 is 0 Å². The van der Waals surface area contributed by atoms with E-state index in [1.54, 1.807) is 13.0 Å².